The summed E-state index contributed by atoms with van der Waals surface area (Å²) >= 11 is 6.53. The number of carbonyl (C=O) groups excluding carboxylic acids is 2. The molecular formula is C27H27ClN4O5. The summed E-state index contributed by atoms with van der Waals surface area (Å²) in [5.74, 6) is 0.133. The normalized spacial score (nSPS) is 13.2. The maximum Gasteiger partial charge on any atom is 0.282 e. The standard InChI is InChI=1S/C27H27ClN4O5/c1-2-17-37-21-10-7-19(8-11-21)27(34)31-15-13-30(14-16-31)25-12-9-20(18-23(25)28)29-26(33)22-5-3-4-6-24(22)32(35)36/h3-12,18H,2,13-17H2,1H3,(H,29,33). The second-order valence-electron chi connectivity index (χ2n) is 8.55. The maximum absolute atomic E-state index is 12.9. The van der Waals surface area contributed by atoms with E-state index >= 15 is 0 Å². The third kappa shape index (κ3) is 6.18. The summed E-state index contributed by atoms with van der Waals surface area (Å²) < 4.78 is 5.58. The van der Waals surface area contributed by atoms with E-state index in [1.807, 2.05) is 24.0 Å². The van der Waals surface area contributed by atoms with Crippen LogP contribution in [0.25, 0.3) is 0 Å². The van der Waals surface area contributed by atoms with Gasteiger partial charge in [0.15, 0.2) is 0 Å². The molecule has 0 spiro atoms. The van der Waals surface area contributed by atoms with Crippen LogP contribution in [-0.4, -0.2) is 54.4 Å². The van der Waals surface area contributed by atoms with Gasteiger partial charge in [-0.2, -0.15) is 0 Å². The molecule has 0 aliphatic carbocycles. The van der Waals surface area contributed by atoms with Crippen LogP contribution in [0.5, 0.6) is 5.75 Å². The minimum Gasteiger partial charge on any atom is -0.494 e. The van der Waals surface area contributed by atoms with E-state index in [2.05, 4.69) is 10.2 Å². The van der Waals surface area contributed by atoms with Crippen molar-refractivity contribution in [2.75, 3.05) is 43.0 Å². The number of nitro groups is 1. The van der Waals surface area contributed by atoms with Crippen molar-refractivity contribution < 1.29 is 19.2 Å². The summed E-state index contributed by atoms with van der Waals surface area (Å²) in [7, 11) is 0. The number of hydrogen-bond donors (Lipinski definition) is 1. The van der Waals surface area contributed by atoms with Gasteiger partial charge in [-0.15, -0.1) is 0 Å². The number of amides is 2. The number of hydrogen-bond acceptors (Lipinski definition) is 6. The van der Waals surface area contributed by atoms with Crippen LogP contribution in [0.1, 0.15) is 34.1 Å². The molecule has 3 aromatic carbocycles. The lowest BCUT2D eigenvalue weighted by Gasteiger charge is -2.36. The van der Waals surface area contributed by atoms with Gasteiger partial charge in [-0.05, 0) is 55.0 Å². The molecule has 1 aliphatic rings. The van der Waals surface area contributed by atoms with E-state index in [9.17, 15) is 19.7 Å². The molecule has 1 aliphatic heterocycles. The van der Waals surface area contributed by atoms with Crippen molar-refractivity contribution in [2.45, 2.75) is 13.3 Å². The number of anilines is 2. The molecule has 3 aromatic rings. The fourth-order valence-corrected chi connectivity index (χ4v) is 4.41. The van der Waals surface area contributed by atoms with E-state index in [0.717, 1.165) is 17.9 Å². The Morgan fingerprint density at radius 2 is 1.73 bits per heavy atom. The Bertz CT molecular complexity index is 1290. The molecule has 0 unspecified atom stereocenters. The molecule has 0 bridgehead atoms. The first kappa shape index (κ1) is 26.0. The van der Waals surface area contributed by atoms with Gasteiger partial charge in [0.1, 0.15) is 11.3 Å². The van der Waals surface area contributed by atoms with Crippen LogP contribution >= 0.6 is 11.6 Å². The monoisotopic (exact) mass is 522 g/mol. The molecule has 4 rings (SSSR count). The highest BCUT2D eigenvalue weighted by molar-refractivity contribution is 6.33. The third-order valence-corrected chi connectivity index (χ3v) is 6.34. The number of halogens is 1. The molecule has 1 heterocycles. The minimum atomic E-state index is -0.591. The zero-order valence-corrected chi connectivity index (χ0v) is 21.1. The van der Waals surface area contributed by atoms with Gasteiger partial charge in [0, 0.05) is 43.5 Å². The number of carbonyl (C=O) groups is 2. The zero-order chi connectivity index (χ0) is 26.4. The highest BCUT2D eigenvalue weighted by atomic mass is 35.5. The molecule has 0 radical (unpaired) electrons. The molecule has 192 valence electrons. The fraction of sp³-hybridized carbons (Fsp3) is 0.259. The number of para-hydroxylation sites is 1. The molecule has 1 fully saturated rings. The van der Waals surface area contributed by atoms with Crippen LogP contribution in [0.3, 0.4) is 0 Å². The van der Waals surface area contributed by atoms with Gasteiger partial charge in [0.25, 0.3) is 17.5 Å². The van der Waals surface area contributed by atoms with Crippen molar-refractivity contribution in [1.82, 2.24) is 4.90 Å². The van der Waals surface area contributed by atoms with E-state index in [0.29, 0.717) is 49.1 Å². The zero-order valence-electron chi connectivity index (χ0n) is 20.4. The second kappa shape index (κ2) is 11.7. The Balaban J connectivity index is 1.36. The Morgan fingerprint density at radius 1 is 1.03 bits per heavy atom. The predicted octanol–water partition coefficient (Wildman–Crippen LogP) is 5.25. The summed E-state index contributed by atoms with van der Waals surface area (Å²) in [6.07, 6.45) is 0.921. The Morgan fingerprint density at radius 3 is 2.38 bits per heavy atom. The molecule has 1 saturated heterocycles. The molecular weight excluding hydrogens is 496 g/mol. The lowest BCUT2D eigenvalue weighted by atomic mass is 10.1. The van der Waals surface area contributed by atoms with Gasteiger partial charge >= 0.3 is 0 Å². The van der Waals surface area contributed by atoms with E-state index < -0.39 is 10.8 Å². The van der Waals surface area contributed by atoms with Crippen molar-refractivity contribution in [1.29, 1.82) is 0 Å². The second-order valence-corrected chi connectivity index (χ2v) is 8.95. The van der Waals surface area contributed by atoms with E-state index in [1.54, 1.807) is 36.4 Å². The van der Waals surface area contributed by atoms with E-state index in [-0.39, 0.29) is 17.2 Å². The average Bonchev–Trinajstić information content (AvgIpc) is 2.92. The quantitative estimate of drug-likeness (QED) is 0.320. The molecule has 10 heteroatoms. The van der Waals surface area contributed by atoms with Crippen LogP contribution in [0.2, 0.25) is 5.02 Å². The summed E-state index contributed by atoms with van der Waals surface area (Å²) in [6, 6.07) is 18.1. The van der Waals surface area contributed by atoms with Crippen LogP contribution in [-0.2, 0) is 0 Å². The Kier molecular flexibility index (Phi) is 8.25. The smallest absolute Gasteiger partial charge is 0.282 e. The summed E-state index contributed by atoms with van der Waals surface area (Å²) in [6.45, 7) is 4.97. The first-order valence-corrected chi connectivity index (χ1v) is 12.4. The molecule has 0 aromatic heterocycles. The Hall–Kier alpha value is -4.11. The topological polar surface area (TPSA) is 105 Å². The molecule has 9 nitrogen and oxygen atoms in total. The molecule has 2 amide bonds. The van der Waals surface area contributed by atoms with Gasteiger partial charge in [-0.25, -0.2) is 0 Å². The van der Waals surface area contributed by atoms with Crippen LogP contribution in [0, 0.1) is 10.1 Å². The highest BCUT2D eigenvalue weighted by Gasteiger charge is 2.24. The Labute approximate surface area is 219 Å². The first-order valence-electron chi connectivity index (χ1n) is 12.0. The number of benzene rings is 3. The van der Waals surface area contributed by atoms with Crippen molar-refractivity contribution in [3.63, 3.8) is 0 Å². The van der Waals surface area contributed by atoms with Crippen LogP contribution in [0.4, 0.5) is 17.1 Å². The summed E-state index contributed by atoms with van der Waals surface area (Å²) in [4.78, 5) is 40.1. The van der Waals surface area contributed by atoms with Crippen LogP contribution in [0.15, 0.2) is 66.7 Å². The van der Waals surface area contributed by atoms with E-state index in [4.69, 9.17) is 16.3 Å². The summed E-state index contributed by atoms with van der Waals surface area (Å²) in [5, 5.41) is 14.3. The number of nitrogens with one attached hydrogen (secondary N) is 1. The van der Waals surface area contributed by atoms with Gasteiger partial charge in [-0.3, -0.25) is 19.7 Å². The number of nitro benzene ring substituents is 1. The molecule has 0 saturated carbocycles. The number of nitrogens with zero attached hydrogens (tertiary/aromatic N) is 3. The lowest BCUT2D eigenvalue weighted by molar-refractivity contribution is -0.385. The SMILES string of the molecule is CCCOc1ccc(C(=O)N2CCN(c3ccc(NC(=O)c4ccccc4[N+](=O)[O-])cc3Cl)CC2)cc1. The molecule has 1 N–H and O–H groups in total. The van der Waals surface area contributed by atoms with Gasteiger partial charge in [0.05, 0.1) is 22.2 Å². The maximum atomic E-state index is 12.9. The lowest BCUT2D eigenvalue weighted by Crippen LogP contribution is -2.48. The largest absolute Gasteiger partial charge is 0.494 e. The fourth-order valence-electron chi connectivity index (χ4n) is 4.11. The van der Waals surface area contributed by atoms with Crippen molar-refractivity contribution in [2.24, 2.45) is 0 Å². The molecule has 37 heavy (non-hydrogen) atoms. The average molecular weight is 523 g/mol. The first-order chi connectivity index (χ1) is 17.9. The van der Waals surface area contributed by atoms with Crippen molar-refractivity contribution in [3.05, 3.63) is 93.0 Å². The molecule has 0 atom stereocenters. The van der Waals surface area contributed by atoms with Crippen LogP contribution < -0.4 is 15.0 Å². The predicted molar refractivity (Wildman–Crippen MR) is 143 cm³/mol. The van der Waals surface area contributed by atoms with Gasteiger partial charge in [0.2, 0.25) is 0 Å². The minimum absolute atomic E-state index is 0.0270. The number of rotatable bonds is 8. The number of piperazine rings is 1. The number of ether oxygens (including phenoxy) is 1. The summed E-state index contributed by atoms with van der Waals surface area (Å²) in [5.41, 5.74) is 1.54. The van der Waals surface area contributed by atoms with Crippen molar-refractivity contribution in [3.8, 4) is 5.75 Å². The van der Waals surface area contributed by atoms with Crippen molar-refractivity contribution >= 4 is 40.5 Å². The van der Waals surface area contributed by atoms with Gasteiger partial charge in [-0.1, -0.05) is 30.7 Å². The van der Waals surface area contributed by atoms with E-state index in [1.165, 1.54) is 18.2 Å². The highest BCUT2D eigenvalue weighted by Crippen LogP contribution is 2.30. The third-order valence-electron chi connectivity index (χ3n) is 6.03. The van der Waals surface area contributed by atoms with Gasteiger partial charge < -0.3 is 19.9 Å².